The van der Waals surface area contributed by atoms with Crippen LogP contribution in [0.25, 0.3) is 0 Å². The Balaban J connectivity index is 1.48. The van der Waals surface area contributed by atoms with E-state index in [4.69, 9.17) is 9.47 Å². The van der Waals surface area contributed by atoms with Gasteiger partial charge in [0, 0.05) is 50.3 Å². The molecule has 0 bridgehead atoms. The molecule has 2 saturated heterocycles. The standard InChI is InChI=1S/C19H30BrN3O2/c1-24-18-13-16(17(20)14-19(18)25-2)15-23-11-9-22(10-12-23)8-7-21-5-3-4-6-21/h13-14H,3-12,15H2,1-2H3. The van der Waals surface area contributed by atoms with E-state index in [1.54, 1.807) is 14.2 Å². The number of halogens is 1. The van der Waals surface area contributed by atoms with Gasteiger partial charge in [0.15, 0.2) is 11.5 Å². The van der Waals surface area contributed by atoms with Crippen LogP contribution in [-0.2, 0) is 6.54 Å². The van der Waals surface area contributed by atoms with E-state index < -0.39 is 0 Å². The Morgan fingerprint density at radius 3 is 1.92 bits per heavy atom. The van der Waals surface area contributed by atoms with Crippen LogP contribution in [0.15, 0.2) is 16.6 Å². The van der Waals surface area contributed by atoms with Gasteiger partial charge >= 0.3 is 0 Å². The number of methoxy groups -OCH3 is 2. The van der Waals surface area contributed by atoms with Crippen LogP contribution < -0.4 is 9.47 Å². The van der Waals surface area contributed by atoms with Gasteiger partial charge in [-0.3, -0.25) is 9.80 Å². The lowest BCUT2D eigenvalue weighted by molar-refractivity contribution is 0.117. The minimum absolute atomic E-state index is 0.768. The lowest BCUT2D eigenvalue weighted by Crippen LogP contribution is -2.47. The van der Waals surface area contributed by atoms with Crippen LogP contribution in [-0.4, -0.2) is 81.3 Å². The quantitative estimate of drug-likeness (QED) is 0.687. The van der Waals surface area contributed by atoms with Gasteiger partial charge in [-0.25, -0.2) is 0 Å². The molecule has 140 valence electrons. The molecule has 1 aromatic carbocycles. The van der Waals surface area contributed by atoms with E-state index in [-0.39, 0.29) is 0 Å². The molecule has 25 heavy (non-hydrogen) atoms. The van der Waals surface area contributed by atoms with Gasteiger partial charge in [-0.05, 0) is 43.6 Å². The highest BCUT2D eigenvalue weighted by atomic mass is 79.9. The van der Waals surface area contributed by atoms with Gasteiger partial charge in [0.2, 0.25) is 0 Å². The lowest BCUT2D eigenvalue weighted by Gasteiger charge is -2.35. The molecule has 0 amide bonds. The number of hydrogen-bond acceptors (Lipinski definition) is 5. The number of likely N-dealkylation sites (tertiary alicyclic amines) is 1. The first-order chi connectivity index (χ1) is 12.2. The molecule has 0 aromatic heterocycles. The zero-order valence-electron chi connectivity index (χ0n) is 15.5. The minimum Gasteiger partial charge on any atom is -0.493 e. The monoisotopic (exact) mass is 411 g/mol. The number of ether oxygens (including phenoxy) is 2. The Bertz CT molecular complexity index is 556. The third kappa shape index (κ3) is 5.09. The first-order valence-corrected chi connectivity index (χ1v) is 10.1. The summed E-state index contributed by atoms with van der Waals surface area (Å²) in [4.78, 5) is 7.74. The maximum atomic E-state index is 5.44. The summed E-state index contributed by atoms with van der Waals surface area (Å²) in [5.41, 5.74) is 1.25. The summed E-state index contributed by atoms with van der Waals surface area (Å²) in [6, 6.07) is 4.09. The van der Waals surface area contributed by atoms with Gasteiger partial charge in [0.1, 0.15) is 0 Å². The highest BCUT2D eigenvalue weighted by Crippen LogP contribution is 2.34. The van der Waals surface area contributed by atoms with Crippen LogP contribution in [0.4, 0.5) is 0 Å². The molecule has 5 nitrogen and oxygen atoms in total. The molecule has 0 unspecified atom stereocenters. The molecule has 2 aliphatic heterocycles. The van der Waals surface area contributed by atoms with Crippen molar-refractivity contribution >= 4 is 15.9 Å². The first-order valence-electron chi connectivity index (χ1n) is 9.27. The van der Waals surface area contributed by atoms with E-state index in [1.807, 2.05) is 6.07 Å². The summed E-state index contributed by atoms with van der Waals surface area (Å²) in [5, 5.41) is 0. The van der Waals surface area contributed by atoms with E-state index in [0.717, 1.165) is 35.6 Å². The van der Waals surface area contributed by atoms with Crippen molar-refractivity contribution in [3.63, 3.8) is 0 Å². The van der Waals surface area contributed by atoms with E-state index >= 15 is 0 Å². The molecule has 6 heteroatoms. The van der Waals surface area contributed by atoms with Crippen molar-refractivity contribution in [3.05, 3.63) is 22.2 Å². The molecule has 0 spiro atoms. The average molecular weight is 412 g/mol. The Morgan fingerprint density at radius 2 is 1.32 bits per heavy atom. The Morgan fingerprint density at radius 1 is 0.800 bits per heavy atom. The number of piperazine rings is 1. The average Bonchev–Trinajstić information content (AvgIpc) is 3.16. The van der Waals surface area contributed by atoms with Crippen molar-refractivity contribution in [1.82, 2.24) is 14.7 Å². The first kappa shape index (κ1) is 19.0. The predicted octanol–water partition coefficient (Wildman–Crippen LogP) is 2.68. The Hall–Kier alpha value is -0.820. The van der Waals surface area contributed by atoms with Gasteiger partial charge in [-0.15, -0.1) is 0 Å². The second-order valence-corrected chi connectivity index (χ2v) is 7.82. The van der Waals surface area contributed by atoms with Crippen molar-refractivity contribution in [2.75, 3.05) is 66.6 Å². The third-order valence-electron chi connectivity index (χ3n) is 5.34. The maximum Gasteiger partial charge on any atom is 0.161 e. The molecular weight excluding hydrogens is 382 g/mol. The molecule has 2 heterocycles. The normalized spacial score (nSPS) is 20.1. The summed E-state index contributed by atoms with van der Waals surface area (Å²) in [6.45, 7) is 10.6. The summed E-state index contributed by atoms with van der Waals surface area (Å²) < 4.78 is 11.9. The molecule has 0 radical (unpaired) electrons. The van der Waals surface area contributed by atoms with Crippen LogP contribution >= 0.6 is 15.9 Å². The van der Waals surface area contributed by atoms with Crippen LogP contribution in [0.2, 0.25) is 0 Å². The molecule has 3 rings (SSSR count). The number of nitrogens with zero attached hydrogens (tertiary/aromatic N) is 3. The molecule has 0 saturated carbocycles. The van der Waals surface area contributed by atoms with Crippen molar-refractivity contribution in [2.24, 2.45) is 0 Å². The van der Waals surface area contributed by atoms with Crippen LogP contribution in [0.5, 0.6) is 11.5 Å². The van der Waals surface area contributed by atoms with Gasteiger partial charge in [0.05, 0.1) is 14.2 Å². The van der Waals surface area contributed by atoms with E-state index in [9.17, 15) is 0 Å². The molecule has 2 aliphatic rings. The molecule has 0 atom stereocenters. The number of hydrogen-bond donors (Lipinski definition) is 0. The van der Waals surface area contributed by atoms with Gasteiger partial charge in [-0.1, -0.05) is 15.9 Å². The largest absolute Gasteiger partial charge is 0.493 e. The zero-order valence-corrected chi connectivity index (χ0v) is 17.1. The SMILES string of the molecule is COc1cc(Br)c(CN2CCN(CCN3CCCC3)CC2)cc1OC. The van der Waals surface area contributed by atoms with Crippen LogP contribution in [0.3, 0.4) is 0 Å². The molecule has 2 fully saturated rings. The lowest BCUT2D eigenvalue weighted by atomic mass is 10.1. The van der Waals surface area contributed by atoms with E-state index in [0.29, 0.717) is 0 Å². The third-order valence-corrected chi connectivity index (χ3v) is 6.08. The van der Waals surface area contributed by atoms with Gasteiger partial charge in [-0.2, -0.15) is 0 Å². The molecular formula is C19H30BrN3O2. The highest BCUT2D eigenvalue weighted by Gasteiger charge is 2.20. The topological polar surface area (TPSA) is 28.2 Å². The zero-order chi connectivity index (χ0) is 17.6. The highest BCUT2D eigenvalue weighted by molar-refractivity contribution is 9.10. The summed E-state index contributed by atoms with van der Waals surface area (Å²) in [5.74, 6) is 1.56. The second kappa shape index (κ2) is 9.21. The van der Waals surface area contributed by atoms with E-state index in [1.165, 1.54) is 57.7 Å². The number of benzene rings is 1. The van der Waals surface area contributed by atoms with Crippen molar-refractivity contribution in [3.8, 4) is 11.5 Å². The molecule has 0 aliphatic carbocycles. The number of rotatable bonds is 7. The fraction of sp³-hybridized carbons (Fsp3) is 0.684. The fourth-order valence-corrected chi connectivity index (χ4v) is 4.17. The minimum atomic E-state index is 0.768. The summed E-state index contributed by atoms with van der Waals surface area (Å²) in [6.07, 6.45) is 2.77. The maximum absolute atomic E-state index is 5.44. The second-order valence-electron chi connectivity index (χ2n) is 6.97. The van der Waals surface area contributed by atoms with Gasteiger partial charge in [0.25, 0.3) is 0 Å². The van der Waals surface area contributed by atoms with Crippen LogP contribution in [0, 0.1) is 0 Å². The Labute approximate surface area is 160 Å². The predicted molar refractivity (Wildman–Crippen MR) is 105 cm³/mol. The van der Waals surface area contributed by atoms with Crippen molar-refractivity contribution in [1.29, 1.82) is 0 Å². The van der Waals surface area contributed by atoms with Crippen molar-refractivity contribution < 1.29 is 9.47 Å². The summed E-state index contributed by atoms with van der Waals surface area (Å²) >= 11 is 3.67. The summed E-state index contributed by atoms with van der Waals surface area (Å²) in [7, 11) is 3.36. The van der Waals surface area contributed by atoms with Crippen molar-refractivity contribution in [2.45, 2.75) is 19.4 Å². The van der Waals surface area contributed by atoms with E-state index in [2.05, 4.69) is 36.7 Å². The molecule has 0 N–H and O–H groups in total. The smallest absolute Gasteiger partial charge is 0.161 e. The fourth-order valence-electron chi connectivity index (χ4n) is 3.72. The Kier molecular flexibility index (Phi) is 6.99. The van der Waals surface area contributed by atoms with Gasteiger partial charge < -0.3 is 14.4 Å². The molecule has 1 aromatic rings. The van der Waals surface area contributed by atoms with Crippen LogP contribution in [0.1, 0.15) is 18.4 Å².